The van der Waals surface area contributed by atoms with Gasteiger partial charge in [0, 0.05) is 5.41 Å². The Kier molecular flexibility index (Phi) is 4.11. The molecule has 0 fully saturated rings. The minimum atomic E-state index is -1.03. The molecule has 10 aromatic carbocycles. The van der Waals surface area contributed by atoms with E-state index in [4.69, 9.17) is 5.48 Å². The predicted molar refractivity (Wildman–Crippen MR) is 211 cm³/mol. The SMILES string of the molecule is [2H]c1c([2H])c([2H])c2c(c1[2H])-c1c([2H])c([2H])c(-c3c4ccccc4c(-c4ccc5ccc6cccc7ccc4c5c67)c4c3ccc3ccccc34)c([2H])c1C2(C)C. The van der Waals surface area contributed by atoms with Crippen molar-refractivity contribution in [3.05, 3.63) is 169 Å². The second-order valence-corrected chi connectivity index (χ2v) is 13.8. The molecule has 0 N–H and O–H groups in total. The predicted octanol–water partition coefficient (Wildman–Crippen LogP) is 13.7. The molecule has 0 nitrogen and oxygen atoms in total. The standard InChI is InChI=1S/C49H32/c1-49(2)42-17-8-7-14-35(42)36-24-23-33(28-43(36)49)45-37-15-5-6-16-38(37)48(47-34-13-4-3-10-29(34)20-27-41(45)47)40-26-22-32-19-18-30-11-9-12-31-21-25-39(40)46(32)44(30)31/h3-28H,1-2H3/i7D,8D,14D,17D,23D,24D,28D. The lowest BCUT2D eigenvalue weighted by molar-refractivity contribution is 0.660. The molecule has 0 aromatic heterocycles. The first kappa shape index (κ1) is 21.1. The van der Waals surface area contributed by atoms with Crippen molar-refractivity contribution in [2.45, 2.75) is 19.3 Å². The minimum absolute atomic E-state index is 0.0640. The molecule has 228 valence electrons. The van der Waals surface area contributed by atoms with E-state index >= 15 is 0 Å². The van der Waals surface area contributed by atoms with Crippen molar-refractivity contribution in [1.29, 1.82) is 0 Å². The van der Waals surface area contributed by atoms with Crippen molar-refractivity contribution >= 4 is 64.6 Å². The molecule has 10 aromatic rings. The zero-order valence-corrected chi connectivity index (χ0v) is 27.0. The van der Waals surface area contributed by atoms with E-state index in [1.54, 1.807) is 0 Å². The molecule has 49 heavy (non-hydrogen) atoms. The van der Waals surface area contributed by atoms with Crippen LogP contribution in [0.15, 0.2) is 158 Å². The van der Waals surface area contributed by atoms with Gasteiger partial charge in [0.05, 0.1) is 9.60 Å². The first-order valence-electron chi connectivity index (χ1n) is 20.3. The summed E-state index contributed by atoms with van der Waals surface area (Å²) in [7, 11) is 0. The van der Waals surface area contributed by atoms with Gasteiger partial charge >= 0.3 is 0 Å². The van der Waals surface area contributed by atoms with Crippen molar-refractivity contribution in [1.82, 2.24) is 0 Å². The molecule has 0 saturated carbocycles. The van der Waals surface area contributed by atoms with Crippen molar-refractivity contribution < 1.29 is 9.60 Å². The Hall–Kier alpha value is -5.98. The van der Waals surface area contributed by atoms with Crippen LogP contribution in [0.4, 0.5) is 0 Å². The van der Waals surface area contributed by atoms with E-state index in [9.17, 15) is 4.11 Å². The third-order valence-electron chi connectivity index (χ3n) is 11.0. The van der Waals surface area contributed by atoms with Crippen LogP contribution >= 0.6 is 0 Å². The molecule has 0 unspecified atom stereocenters. The zero-order chi connectivity index (χ0) is 38.5. The molecule has 0 atom stereocenters. The normalized spacial score (nSPS) is 15.7. The van der Waals surface area contributed by atoms with Crippen LogP contribution in [0.2, 0.25) is 0 Å². The first-order chi connectivity index (χ1) is 27.0. The van der Waals surface area contributed by atoms with Gasteiger partial charge in [0.25, 0.3) is 0 Å². The minimum Gasteiger partial charge on any atom is -0.0619 e. The van der Waals surface area contributed by atoms with Gasteiger partial charge in [0.1, 0.15) is 0 Å². The molecule has 0 radical (unpaired) electrons. The fourth-order valence-electron chi connectivity index (χ4n) is 8.73. The Morgan fingerprint density at radius 3 is 1.86 bits per heavy atom. The van der Waals surface area contributed by atoms with Gasteiger partial charge in [-0.25, -0.2) is 0 Å². The summed E-state index contributed by atoms with van der Waals surface area (Å²) in [5.74, 6) is 0. The van der Waals surface area contributed by atoms with Crippen molar-refractivity contribution in [3.63, 3.8) is 0 Å². The van der Waals surface area contributed by atoms with E-state index in [0.29, 0.717) is 22.3 Å². The second-order valence-electron chi connectivity index (χ2n) is 13.8. The summed E-state index contributed by atoms with van der Waals surface area (Å²) < 4.78 is 64.1. The number of fused-ring (bicyclic) bond motifs is 7. The summed E-state index contributed by atoms with van der Waals surface area (Å²) in [4.78, 5) is 0. The van der Waals surface area contributed by atoms with Crippen LogP contribution in [-0.4, -0.2) is 0 Å². The van der Waals surface area contributed by atoms with Gasteiger partial charge in [-0.15, -0.1) is 0 Å². The van der Waals surface area contributed by atoms with Gasteiger partial charge in [-0.2, -0.15) is 0 Å². The van der Waals surface area contributed by atoms with Crippen LogP contribution in [0.3, 0.4) is 0 Å². The van der Waals surface area contributed by atoms with Gasteiger partial charge in [0.2, 0.25) is 0 Å². The maximum Gasteiger partial charge on any atom is 0.0633 e. The number of hydrogen-bond donors (Lipinski definition) is 0. The first-order valence-corrected chi connectivity index (χ1v) is 16.8. The summed E-state index contributed by atoms with van der Waals surface area (Å²) in [6, 6.07) is 39.1. The van der Waals surface area contributed by atoms with Crippen molar-refractivity contribution in [2.75, 3.05) is 0 Å². The van der Waals surface area contributed by atoms with Crippen LogP contribution in [0.25, 0.3) is 98.0 Å². The van der Waals surface area contributed by atoms with Crippen molar-refractivity contribution in [3.8, 4) is 33.4 Å². The Morgan fingerprint density at radius 2 is 1.02 bits per heavy atom. The molecular formula is C49H32. The van der Waals surface area contributed by atoms with Crippen LogP contribution in [0.1, 0.15) is 34.6 Å². The van der Waals surface area contributed by atoms with E-state index in [-0.39, 0.29) is 53.4 Å². The third-order valence-corrected chi connectivity index (χ3v) is 11.0. The molecule has 1 aliphatic rings. The molecule has 0 aliphatic heterocycles. The van der Waals surface area contributed by atoms with Gasteiger partial charge in [0.15, 0.2) is 0 Å². The van der Waals surface area contributed by atoms with E-state index in [0.717, 1.165) is 48.8 Å². The molecular weight excluding hydrogens is 589 g/mol. The second kappa shape index (κ2) is 9.56. The van der Waals surface area contributed by atoms with E-state index in [1.165, 1.54) is 26.9 Å². The molecule has 11 rings (SSSR count). The summed E-state index contributed by atoms with van der Waals surface area (Å²) in [5, 5.41) is 13.0. The molecule has 1 aliphatic carbocycles. The van der Waals surface area contributed by atoms with Crippen LogP contribution in [-0.2, 0) is 5.41 Å². The quantitative estimate of drug-likeness (QED) is 0.132. The number of benzene rings is 10. The van der Waals surface area contributed by atoms with E-state index in [1.807, 2.05) is 38.1 Å². The Bertz CT molecular complexity index is 3400. The molecule has 0 bridgehead atoms. The summed E-state index contributed by atoms with van der Waals surface area (Å²) in [6.45, 7) is 3.73. The Morgan fingerprint density at radius 1 is 0.408 bits per heavy atom. The number of hydrogen-bond acceptors (Lipinski definition) is 0. The average Bonchev–Trinajstić information content (AvgIpc) is 3.47. The lowest BCUT2D eigenvalue weighted by atomic mass is 9.79. The fourth-order valence-corrected chi connectivity index (χ4v) is 8.73. The highest BCUT2D eigenvalue weighted by Crippen LogP contribution is 2.52. The van der Waals surface area contributed by atoms with E-state index in [2.05, 4.69) is 91.0 Å². The highest BCUT2D eigenvalue weighted by Gasteiger charge is 2.35. The maximum absolute atomic E-state index is 10.0. The Balaban J connectivity index is 1.33. The molecule has 0 heteroatoms. The smallest absolute Gasteiger partial charge is 0.0619 e. The van der Waals surface area contributed by atoms with Crippen LogP contribution in [0, 0.1) is 0 Å². The third kappa shape index (κ3) is 3.53. The lowest BCUT2D eigenvalue weighted by Crippen LogP contribution is -2.14. The molecule has 0 spiro atoms. The summed E-state index contributed by atoms with van der Waals surface area (Å²) >= 11 is 0. The van der Waals surface area contributed by atoms with Gasteiger partial charge in [-0.1, -0.05) is 165 Å². The molecule has 0 amide bonds. The maximum atomic E-state index is 10.0. The summed E-state index contributed by atoms with van der Waals surface area (Å²) in [5.41, 5.74) is 3.42. The monoisotopic (exact) mass is 627 g/mol. The van der Waals surface area contributed by atoms with Gasteiger partial charge in [-0.05, 0) is 115 Å². The van der Waals surface area contributed by atoms with E-state index < -0.39 is 5.41 Å². The highest BCUT2D eigenvalue weighted by atomic mass is 14.4. The Labute approximate surface area is 295 Å². The van der Waals surface area contributed by atoms with Crippen LogP contribution in [0.5, 0.6) is 0 Å². The van der Waals surface area contributed by atoms with Crippen LogP contribution < -0.4 is 0 Å². The highest BCUT2D eigenvalue weighted by molar-refractivity contribution is 6.32. The fraction of sp³-hybridized carbons (Fsp3) is 0.0612. The topological polar surface area (TPSA) is 0 Å². The van der Waals surface area contributed by atoms with Crippen molar-refractivity contribution in [2.24, 2.45) is 0 Å². The molecule has 0 heterocycles. The van der Waals surface area contributed by atoms with Gasteiger partial charge in [-0.3, -0.25) is 0 Å². The van der Waals surface area contributed by atoms with Gasteiger partial charge < -0.3 is 0 Å². The zero-order valence-electron chi connectivity index (χ0n) is 34.0. The average molecular weight is 628 g/mol. The number of rotatable bonds is 2. The largest absolute Gasteiger partial charge is 0.0633 e. The molecule has 0 saturated heterocycles. The summed E-state index contributed by atoms with van der Waals surface area (Å²) in [6.07, 6.45) is 0. The lowest BCUT2D eigenvalue weighted by Gasteiger charge is -2.24.